The van der Waals surface area contributed by atoms with Crippen molar-refractivity contribution in [3.8, 4) is 0 Å². The number of aromatic carboxylic acids is 2. The summed E-state index contributed by atoms with van der Waals surface area (Å²) in [6, 6.07) is 5.97. The highest BCUT2D eigenvalue weighted by atomic mass is 16.6. The molecule has 0 saturated heterocycles. The quantitative estimate of drug-likeness (QED) is 0.582. The molecule has 2 aromatic rings. The van der Waals surface area contributed by atoms with E-state index < -0.39 is 46.9 Å². The first kappa shape index (κ1) is 18.5. The summed E-state index contributed by atoms with van der Waals surface area (Å²) in [5.74, 6) is -7.30. The van der Waals surface area contributed by atoms with Crippen LogP contribution >= 0.6 is 0 Å². The van der Waals surface area contributed by atoms with Crippen molar-refractivity contribution in [2.24, 2.45) is 0 Å². The van der Waals surface area contributed by atoms with Crippen LogP contribution in [0.5, 0.6) is 0 Å². The van der Waals surface area contributed by atoms with Crippen LogP contribution in [-0.4, -0.2) is 46.0 Å². The number of benzene rings is 2. The van der Waals surface area contributed by atoms with E-state index in [1.54, 1.807) is 0 Å². The molecule has 1 heterocycles. The van der Waals surface area contributed by atoms with Gasteiger partial charge in [0.15, 0.2) is 0 Å². The van der Waals surface area contributed by atoms with Gasteiger partial charge in [0.2, 0.25) is 0 Å². The van der Waals surface area contributed by atoms with Crippen LogP contribution < -0.4 is 0 Å². The molecule has 0 bridgehead atoms. The highest BCUT2D eigenvalue weighted by molar-refractivity contribution is 6.16. The smallest absolute Gasteiger partial charge is 0.346 e. The first-order valence-corrected chi connectivity index (χ1v) is 7.46. The molecule has 28 heavy (non-hydrogen) atoms. The number of ether oxygens (including phenoxy) is 2. The summed E-state index contributed by atoms with van der Waals surface area (Å²) in [5, 5.41) is 18.0. The van der Waals surface area contributed by atoms with Crippen molar-refractivity contribution >= 4 is 35.8 Å². The van der Waals surface area contributed by atoms with E-state index in [1.807, 2.05) is 0 Å². The standard InChI is InChI=1S/C18H8O10/c19-13(20)9-3-1-7(5-11(9)14(21)22)15(23)27-16(24)8-2-4-10-12(6-8)18(26)28-17(10)25/h1-6H,(H,19,20)(H,21,22). The number of cyclic esters (lactones) is 2. The highest BCUT2D eigenvalue weighted by Gasteiger charge is 2.31. The molecule has 2 N–H and O–H groups in total. The van der Waals surface area contributed by atoms with Crippen LogP contribution in [0.1, 0.15) is 62.1 Å². The van der Waals surface area contributed by atoms with Gasteiger partial charge < -0.3 is 19.7 Å². The van der Waals surface area contributed by atoms with Gasteiger partial charge in [-0.2, -0.15) is 0 Å². The van der Waals surface area contributed by atoms with Gasteiger partial charge in [0.05, 0.1) is 33.4 Å². The van der Waals surface area contributed by atoms with Crippen molar-refractivity contribution in [1.82, 2.24) is 0 Å². The van der Waals surface area contributed by atoms with Crippen LogP contribution in [0.3, 0.4) is 0 Å². The molecular weight excluding hydrogens is 376 g/mol. The molecule has 0 radical (unpaired) electrons. The number of rotatable bonds is 4. The van der Waals surface area contributed by atoms with Crippen molar-refractivity contribution in [2.45, 2.75) is 0 Å². The molecule has 0 unspecified atom stereocenters. The van der Waals surface area contributed by atoms with Gasteiger partial charge in [-0.3, -0.25) is 0 Å². The van der Waals surface area contributed by atoms with Crippen LogP contribution in [0.2, 0.25) is 0 Å². The van der Waals surface area contributed by atoms with E-state index in [1.165, 1.54) is 0 Å². The maximum atomic E-state index is 12.1. The molecule has 0 fully saturated rings. The van der Waals surface area contributed by atoms with Gasteiger partial charge in [0.25, 0.3) is 0 Å². The Balaban J connectivity index is 1.85. The molecule has 0 aromatic heterocycles. The molecule has 10 nitrogen and oxygen atoms in total. The number of hydrogen-bond donors (Lipinski definition) is 2. The fraction of sp³-hybridized carbons (Fsp3) is 0. The number of fused-ring (bicyclic) bond motifs is 1. The van der Waals surface area contributed by atoms with E-state index in [4.69, 9.17) is 10.2 Å². The molecule has 0 saturated carbocycles. The zero-order chi connectivity index (χ0) is 20.6. The summed E-state index contributed by atoms with van der Waals surface area (Å²) in [6.45, 7) is 0. The van der Waals surface area contributed by atoms with Gasteiger partial charge in [-0.05, 0) is 36.4 Å². The number of carboxylic acids is 2. The Bertz CT molecular complexity index is 1100. The molecule has 1 aliphatic heterocycles. The normalized spacial score (nSPS) is 12.1. The second kappa shape index (κ2) is 6.76. The summed E-state index contributed by atoms with van der Waals surface area (Å²) in [4.78, 5) is 69.3. The average Bonchev–Trinajstić information content (AvgIpc) is 2.94. The summed E-state index contributed by atoms with van der Waals surface area (Å²) in [6.07, 6.45) is 0. The Labute approximate surface area is 154 Å². The molecule has 3 rings (SSSR count). The zero-order valence-corrected chi connectivity index (χ0v) is 13.6. The first-order chi connectivity index (χ1) is 13.2. The number of carbonyl (C=O) groups is 6. The minimum Gasteiger partial charge on any atom is -0.478 e. The lowest BCUT2D eigenvalue weighted by Gasteiger charge is -2.06. The number of carboxylic acid groups (broad SMARTS) is 2. The van der Waals surface area contributed by atoms with E-state index in [0.717, 1.165) is 36.4 Å². The summed E-state index contributed by atoms with van der Waals surface area (Å²) >= 11 is 0. The molecule has 10 heteroatoms. The van der Waals surface area contributed by atoms with Gasteiger partial charge in [0.1, 0.15) is 0 Å². The lowest BCUT2D eigenvalue weighted by molar-refractivity contribution is 0.0393. The SMILES string of the molecule is O=C(OC(=O)c1ccc2c(c1)C(=O)OC2=O)c1ccc(C(=O)O)c(C(=O)O)c1. The molecule has 0 atom stereocenters. The molecule has 140 valence electrons. The molecule has 1 aliphatic rings. The predicted molar refractivity (Wildman–Crippen MR) is 86.3 cm³/mol. The lowest BCUT2D eigenvalue weighted by atomic mass is 10.0. The fourth-order valence-electron chi connectivity index (χ4n) is 2.45. The number of hydrogen-bond acceptors (Lipinski definition) is 8. The van der Waals surface area contributed by atoms with Crippen molar-refractivity contribution in [1.29, 1.82) is 0 Å². The molecule has 0 amide bonds. The number of carbonyl (C=O) groups excluding carboxylic acids is 4. The molecule has 2 aromatic carbocycles. The predicted octanol–water partition coefficient (Wildman–Crippen LogP) is 1.39. The largest absolute Gasteiger partial charge is 0.478 e. The van der Waals surface area contributed by atoms with Gasteiger partial charge >= 0.3 is 35.8 Å². The first-order valence-electron chi connectivity index (χ1n) is 7.46. The van der Waals surface area contributed by atoms with Gasteiger partial charge in [-0.25, -0.2) is 28.8 Å². The van der Waals surface area contributed by atoms with Gasteiger partial charge in [-0.1, -0.05) is 0 Å². The van der Waals surface area contributed by atoms with Gasteiger partial charge in [-0.15, -0.1) is 0 Å². The average molecular weight is 384 g/mol. The Kier molecular flexibility index (Phi) is 4.45. The third-order valence-corrected chi connectivity index (χ3v) is 3.78. The van der Waals surface area contributed by atoms with Crippen LogP contribution in [-0.2, 0) is 9.47 Å². The minimum absolute atomic E-state index is 0.0387. The van der Waals surface area contributed by atoms with Crippen LogP contribution in [0.25, 0.3) is 0 Å². The number of esters is 4. The third-order valence-electron chi connectivity index (χ3n) is 3.78. The maximum Gasteiger partial charge on any atom is 0.346 e. The van der Waals surface area contributed by atoms with Crippen molar-refractivity contribution in [3.63, 3.8) is 0 Å². The van der Waals surface area contributed by atoms with E-state index in [2.05, 4.69) is 9.47 Å². The molecule has 0 aliphatic carbocycles. The van der Waals surface area contributed by atoms with Crippen molar-refractivity contribution in [2.75, 3.05) is 0 Å². The van der Waals surface area contributed by atoms with Crippen molar-refractivity contribution in [3.05, 3.63) is 69.8 Å². The summed E-state index contributed by atoms with van der Waals surface area (Å²) in [7, 11) is 0. The van der Waals surface area contributed by atoms with Crippen LogP contribution in [0, 0.1) is 0 Å². The Hall–Kier alpha value is -4.34. The van der Waals surface area contributed by atoms with Crippen LogP contribution in [0.4, 0.5) is 0 Å². The third kappa shape index (κ3) is 3.21. The lowest BCUT2D eigenvalue weighted by Crippen LogP contribution is -2.15. The Morgan fingerprint density at radius 1 is 0.714 bits per heavy atom. The van der Waals surface area contributed by atoms with E-state index in [-0.39, 0.29) is 22.3 Å². The van der Waals surface area contributed by atoms with Gasteiger partial charge in [0, 0.05) is 0 Å². The highest BCUT2D eigenvalue weighted by Crippen LogP contribution is 2.22. The molecule has 0 spiro atoms. The Morgan fingerprint density at radius 2 is 1.25 bits per heavy atom. The summed E-state index contributed by atoms with van der Waals surface area (Å²) in [5.41, 5.74) is -2.00. The topological polar surface area (TPSA) is 161 Å². The second-order valence-electron chi connectivity index (χ2n) is 5.48. The Morgan fingerprint density at radius 3 is 1.86 bits per heavy atom. The van der Waals surface area contributed by atoms with E-state index >= 15 is 0 Å². The zero-order valence-electron chi connectivity index (χ0n) is 13.6. The monoisotopic (exact) mass is 384 g/mol. The van der Waals surface area contributed by atoms with Crippen LogP contribution in [0.15, 0.2) is 36.4 Å². The van der Waals surface area contributed by atoms with E-state index in [0.29, 0.717) is 0 Å². The fourth-order valence-corrected chi connectivity index (χ4v) is 2.45. The maximum absolute atomic E-state index is 12.1. The van der Waals surface area contributed by atoms with E-state index in [9.17, 15) is 28.8 Å². The van der Waals surface area contributed by atoms with Crippen molar-refractivity contribution < 1.29 is 48.5 Å². The minimum atomic E-state index is -1.58. The summed E-state index contributed by atoms with van der Waals surface area (Å²) < 4.78 is 9.01. The second-order valence-corrected chi connectivity index (χ2v) is 5.48. The molecular formula is C18H8O10.